The third-order valence-corrected chi connectivity index (χ3v) is 6.77. The van der Waals surface area contributed by atoms with Gasteiger partial charge in [-0.3, -0.25) is 9.59 Å². The Bertz CT molecular complexity index is 1020. The highest BCUT2D eigenvalue weighted by Crippen LogP contribution is 2.23. The van der Waals surface area contributed by atoms with Gasteiger partial charge in [0.1, 0.15) is 5.75 Å². The molecule has 2 aliphatic heterocycles. The van der Waals surface area contributed by atoms with Gasteiger partial charge in [0.25, 0.3) is 0 Å². The van der Waals surface area contributed by atoms with Crippen molar-refractivity contribution < 1.29 is 19.1 Å². The second-order valence-corrected chi connectivity index (χ2v) is 9.74. The van der Waals surface area contributed by atoms with Gasteiger partial charge in [-0.05, 0) is 43.5 Å². The lowest BCUT2D eigenvalue weighted by atomic mass is 10.1. The summed E-state index contributed by atoms with van der Waals surface area (Å²) in [5.41, 5.74) is 1.73. The number of ether oxygens (including phenoxy) is 2. The molecule has 0 bridgehead atoms. The first-order valence-electron chi connectivity index (χ1n) is 12.9. The predicted octanol–water partition coefficient (Wildman–Crippen LogP) is 2.85. The van der Waals surface area contributed by atoms with Crippen molar-refractivity contribution in [2.45, 2.75) is 39.2 Å². The number of aromatic nitrogens is 2. The van der Waals surface area contributed by atoms with Gasteiger partial charge >= 0.3 is 0 Å². The van der Waals surface area contributed by atoms with E-state index in [1.54, 1.807) is 12.0 Å². The molecule has 0 N–H and O–H groups in total. The molecule has 3 heterocycles. The van der Waals surface area contributed by atoms with Crippen LogP contribution in [0.3, 0.4) is 0 Å². The molecule has 2 aromatic rings. The molecule has 1 atom stereocenters. The number of hydrogen-bond donors (Lipinski definition) is 0. The number of methoxy groups -OCH3 is 1. The Morgan fingerprint density at radius 1 is 1.11 bits per heavy atom. The van der Waals surface area contributed by atoms with Gasteiger partial charge in [-0.2, -0.15) is 0 Å². The highest BCUT2D eigenvalue weighted by atomic mass is 16.5. The van der Waals surface area contributed by atoms with Crippen LogP contribution in [-0.2, 0) is 14.3 Å². The minimum absolute atomic E-state index is 0.00157. The molecule has 2 aliphatic rings. The molecule has 36 heavy (non-hydrogen) atoms. The SMILES string of the molecule is COc1cccc(-c2ccc(N3CCCN(C(=O)CN(CC4CCCO4)C(=O)C(C)C)CC3)nn2)c1. The second kappa shape index (κ2) is 12.2. The topological polar surface area (TPSA) is 88.1 Å². The van der Waals surface area contributed by atoms with E-state index in [4.69, 9.17) is 9.47 Å². The first-order chi connectivity index (χ1) is 17.4. The number of anilines is 1. The van der Waals surface area contributed by atoms with Gasteiger partial charge in [-0.25, -0.2) is 0 Å². The van der Waals surface area contributed by atoms with E-state index >= 15 is 0 Å². The minimum atomic E-state index is -0.155. The van der Waals surface area contributed by atoms with Gasteiger partial charge in [-0.1, -0.05) is 26.0 Å². The minimum Gasteiger partial charge on any atom is -0.497 e. The van der Waals surface area contributed by atoms with E-state index in [1.807, 2.05) is 55.1 Å². The Balaban J connectivity index is 1.35. The maximum Gasteiger partial charge on any atom is 0.242 e. The van der Waals surface area contributed by atoms with Crippen molar-refractivity contribution in [3.05, 3.63) is 36.4 Å². The third kappa shape index (κ3) is 6.51. The van der Waals surface area contributed by atoms with Gasteiger partial charge in [0, 0.05) is 50.8 Å². The molecule has 1 unspecified atom stereocenters. The smallest absolute Gasteiger partial charge is 0.242 e. The quantitative estimate of drug-likeness (QED) is 0.556. The van der Waals surface area contributed by atoms with Crippen molar-refractivity contribution in [3.63, 3.8) is 0 Å². The molecule has 0 spiro atoms. The zero-order valence-electron chi connectivity index (χ0n) is 21.6. The standard InChI is InChI=1S/C27H37N5O4/c1-20(2)27(34)32(18-23-9-5-16-36-23)19-26(33)31-13-6-12-30(14-15-31)25-11-10-24(28-29-25)21-7-4-8-22(17-21)35-3/h4,7-8,10-11,17,20,23H,5-6,9,12-16,18-19H2,1-3H3. The molecule has 4 rings (SSSR count). The fraction of sp³-hybridized carbons (Fsp3) is 0.556. The number of benzene rings is 1. The van der Waals surface area contributed by atoms with Crippen LogP contribution in [-0.4, -0.2) is 90.9 Å². The average molecular weight is 496 g/mol. The third-order valence-electron chi connectivity index (χ3n) is 6.77. The summed E-state index contributed by atoms with van der Waals surface area (Å²) in [5, 5.41) is 8.88. The average Bonchev–Trinajstić information content (AvgIpc) is 3.29. The highest BCUT2D eigenvalue weighted by molar-refractivity contribution is 5.85. The predicted molar refractivity (Wildman–Crippen MR) is 138 cm³/mol. The van der Waals surface area contributed by atoms with E-state index < -0.39 is 0 Å². The number of carbonyl (C=O) groups excluding carboxylic acids is 2. The summed E-state index contributed by atoms with van der Waals surface area (Å²) >= 11 is 0. The van der Waals surface area contributed by atoms with E-state index in [-0.39, 0.29) is 30.4 Å². The van der Waals surface area contributed by atoms with Crippen molar-refractivity contribution in [2.75, 3.05) is 57.9 Å². The van der Waals surface area contributed by atoms with Crippen LogP contribution in [0.15, 0.2) is 36.4 Å². The molecule has 9 nitrogen and oxygen atoms in total. The monoisotopic (exact) mass is 495 g/mol. The maximum absolute atomic E-state index is 13.2. The van der Waals surface area contributed by atoms with Crippen LogP contribution >= 0.6 is 0 Å². The molecule has 2 amide bonds. The lowest BCUT2D eigenvalue weighted by molar-refractivity contribution is -0.143. The lowest BCUT2D eigenvalue weighted by Crippen LogP contribution is -2.47. The Kier molecular flexibility index (Phi) is 8.74. The lowest BCUT2D eigenvalue weighted by Gasteiger charge is -2.29. The summed E-state index contributed by atoms with van der Waals surface area (Å²) < 4.78 is 11.0. The van der Waals surface area contributed by atoms with E-state index in [9.17, 15) is 9.59 Å². The summed E-state index contributed by atoms with van der Waals surface area (Å²) in [6, 6.07) is 11.7. The van der Waals surface area contributed by atoms with Crippen LogP contribution in [0, 0.1) is 5.92 Å². The van der Waals surface area contributed by atoms with Crippen molar-refractivity contribution in [1.29, 1.82) is 0 Å². The fourth-order valence-corrected chi connectivity index (χ4v) is 4.72. The van der Waals surface area contributed by atoms with Gasteiger partial charge < -0.3 is 24.2 Å². The molecular formula is C27H37N5O4. The van der Waals surface area contributed by atoms with Crippen LogP contribution < -0.4 is 9.64 Å². The molecule has 0 aliphatic carbocycles. The van der Waals surface area contributed by atoms with Crippen molar-refractivity contribution in [2.24, 2.45) is 5.92 Å². The van der Waals surface area contributed by atoms with Crippen LogP contribution in [0.5, 0.6) is 5.75 Å². The first kappa shape index (κ1) is 25.9. The molecule has 0 radical (unpaired) electrons. The zero-order valence-corrected chi connectivity index (χ0v) is 21.6. The summed E-state index contributed by atoms with van der Waals surface area (Å²) in [4.78, 5) is 31.7. The number of carbonyl (C=O) groups is 2. The fourth-order valence-electron chi connectivity index (χ4n) is 4.72. The Labute approximate surface area is 213 Å². The second-order valence-electron chi connectivity index (χ2n) is 9.74. The molecule has 1 aromatic heterocycles. The van der Waals surface area contributed by atoms with Crippen molar-refractivity contribution in [3.8, 4) is 17.0 Å². The summed E-state index contributed by atoms with van der Waals surface area (Å²) in [6.45, 7) is 7.78. The number of rotatable bonds is 8. The van der Waals surface area contributed by atoms with Gasteiger partial charge in [0.15, 0.2) is 5.82 Å². The normalized spacial score (nSPS) is 18.3. The zero-order chi connectivity index (χ0) is 25.5. The molecule has 1 aromatic carbocycles. The number of hydrogen-bond acceptors (Lipinski definition) is 7. The van der Waals surface area contributed by atoms with E-state index in [0.29, 0.717) is 26.2 Å². The largest absolute Gasteiger partial charge is 0.497 e. The van der Waals surface area contributed by atoms with E-state index in [1.165, 1.54) is 0 Å². The van der Waals surface area contributed by atoms with Gasteiger partial charge in [-0.15, -0.1) is 10.2 Å². The van der Waals surface area contributed by atoms with E-state index in [0.717, 1.165) is 55.2 Å². The van der Waals surface area contributed by atoms with Gasteiger partial charge in [0.05, 0.1) is 25.5 Å². The van der Waals surface area contributed by atoms with Crippen LogP contribution in [0.25, 0.3) is 11.3 Å². The molecular weight excluding hydrogens is 458 g/mol. The van der Waals surface area contributed by atoms with Crippen LogP contribution in [0.4, 0.5) is 5.82 Å². The molecule has 2 saturated heterocycles. The Morgan fingerprint density at radius 2 is 1.97 bits per heavy atom. The molecule has 0 saturated carbocycles. The van der Waals surface area contributed by atoms with Crippen LogP contribution in [0.2, 0.25) is 0 Å². The van der Waals surface area contributed by atoms with Gasteiger partial charge in [0.2, 0.25) is 11.8 Å². The van der Waals surface area contributed by atoms with Crippen molar-refractivity contribution >= 4 is 17.6 Å². The summed E-state index contributed by atoms with van der Waals surface area (Å²) in [6.07, 6.45) is 2.80. The molecule has 9 heteroatoms. The summed E-state index contributed by atoms with van der Waals surface area (Å²) in [7, 11) is 1.64. The first-order valence-corrected chi connectivity index (χ1v) is 12.9. The van der Waals surface area contributed by atoms with E-state index in [2.05, 4.69) is 15.1 Å². The molecule has 194 valence electrons. The summed E-state index contributed by atoms with van der Waals surface area (Å²) in [5.74, 6) is 1.41. The van der Waals surface area contributed by atoms with Crippen LogP contribution in [0.1, 0.15) is 33.1 Å². The number of nitrogens with zero attached hydrogens (tertiary/aromatic N) is 5. The Morgan fingerprint density at radius 3 is 2.67 bits per heavy atom. The van der Waals surface area contributed by atoms with Crippen molar-refractivity contribution in [1.82, 2.24) is 20.0 Å². The maximum atomic E-state index is 13.2. The molecule has 2 fully saturated rings. The number of amides is 2. The highest BCUT2D eigenvalue weighted by Gasteiger charge is 2.28. The Hall–Kier alpha value is -3.20.